The molecule has 3 aromatic rings. The van der Waals surface area contributed by atoms with Crippen LogP contribution in [0.3, 0.4) is 0 Å². The van der Waals surface area contributed by atoms with Crippen molar-refractivity contribution in [2.45, 2.75) is 11.3 Å². The van der Waals surface area contributed by atoms with Crippen LogP contribution in [0.2, 0.25) is 0 Å². The molecule has 26 heavy (non-hydrogen) atoms. The maximum atomic E-state index is 12.2. The Labute approximate surface area is 158 Å². The lowest BCUT2D eigenvalue weighted by molar-refractivity contribution is -0.118. The summed E-state index contributed by atoms with van der Waals surface area (Å²) in [7, 11) is 0. The van der Waals surface area contributed by atoms with Crippen LogP contribution in [-0.2, 0) is 11.2 Å². The highest BCUT2D eigenvalue weighted by atomic mass is 32.2. The SMILES string of the molecule is CSc1cccc(NC(=O)COc2ccccc2Cc2ccccc2)c1. The molecule has 1 N–H and O–H groups in total. The molecule has 0 atom stereocenters. The van der Waals surface area contributed by atoms with Crippen LogP contribution in [0.5, 0.6) is 5.75 Å². The minimum absolute atomic E-state index is 0.0186. The zero-order valence-corrected chi connectivity index (χ0v) is 15.5. The third kappa shape index (κ3) is 5.14. The van der Waals surface area contributed by atoms with Gasteiger partial charge in [-0.25, -0.2) is 0 Å². The van der Waals surface area contributed by atoms with Crippen LogP contribution in [0.25, 0.3) is 0 Å². The average molecular weight is 363 g/mol. The van der Waals surface area contributed by atoms with E-state index in [1.807, 2.05) is 73.0 Å². The molecule has 132 valence electrons. The second-order valence-corrected chi connectivity index (χ2v) is 6.72. The first-order chi connectivity index (χ1) is 12.7. The van der Waals surface area contributed by atoms with Crippen molar-refractivity contribution in [3.05, 3.63) is 90.0 Å². The number of carbonyl (C=O) groups excluding carboxylic acids is 1. The summed E-state index contributed by atoms with van der Waals surface area (Å²) in [6.45, 7) is -0.0186. The van der Waals surface area contributed by atoms with Crippen LogP contribution in [0, 0.1) is 0 Å². The fraction of sp³-hybridized carbons (Fsp3) is 0.136. The molecule has 0 aromatic heterocycles. The molecule has 0 heterocycles. The molecule has 0 radical (unpaired) electrons. The summed E-state index contributed by atoms with van der Waals surface area (Å²) in [4.78, 5) is 13.3. The van der Waals surface area contributed by atoms with Crippen LogP contribution in [0.4, 0.5) is 5.69 Å². The Balaban J connectivity index is 1.61. The Bertz CT molecular complexity index is 865. The molecular weight excluding hydrogens is 342 g/mol. The van der Waals surface area contributed by atoms with Gasteiger partial charge in [0.15, 0.2) is 6.61 Å². The van der Waals surface area contributed by atoms with Gasteiger partial charge in [0.2, 0.25) is 0 Å². The first kappa shape index (κ1) is 18.1. The molecule has 0 unspecified atom stereocenters. The summed E-state index contributed by atoms with van der Waals surface area (Å²) in [5.41, 5.74) is 3.06. The lowest BCUT2D eigenvalue weighted by Gasteiger charge is -2.12. The number of carbonyl (C=O) groups is 1. The Morgan fingerprint density at radius 3 is 2.54 bits per heavy atom. The molecule has 3 nitrogen and oxygen atoms in total. The normalized spacial score (nSPS) is 10.3. The van der Waals surface area contributed by atoms with Gasteiger partial charge in [-0.3, -0.25) is 4.79 Å². The van der Waals surface area contributed by atoms with Gasteiger partial charge in [-0.15, -0.1) is 11.8 Å². The minimum Gasteiger partial charge on any atom is -0.483 e. The van der Waals surface area contributed by atoms with Gasteiger partial charge in [0.1, 0.15) is 5.75 Å². The molecular formula is C22H21NO2S. The third-order valence-corrected chi connectivity index (χ3v) is 4.65. The number of hydrogen-bond donors (Lipinski definition) is 1. The van der Waals surface area contributed by atoms with Crippen molar-refractivity contribution in [2.75, 3.05) is 18.2 Å². The van der Waals surface area contributed by atoms with E-state index >= 15 is 0 Å². The van der Waals surface area contributed by atoms with Gasteiger partial charge in [0.25, 0.3) is 5.91 Å². The van der Waals surface area contributed by atoms with Crippen LogP contribution in [0.15, 0.2) is 83.8 Å². The molecule has 0 aliphatic heterocycles. The Kier molecular flexibility index (Phi) is 6.34. The van der Waals surface area contributed by atoms with E-state index in [1.54, 1.807) is 11.8 Å². The van der Waals surface area contributed by atoms with E-state index < -0.39 is 0 Å². The first-order valence-electron chi connectivity index (χ1n) is 8.43. The van der Waals surface area contributed by atoms with E-state index in [4.69, 9.17) is 4.74 Å². The van der Waals surface area contributed by atoms with Crippen molar-refractivity contribution >= 4 is 23.4 Å². The van der Waals surface area contributed by atoms with E-state index in [1.165, 1.54) is 5.56 Å². The smallest absolute Gasteiger partial charge is 0.262 e. The average Bonchev–Trinajstić information content (AvgIpc) is 2.68. The Morgan fingerprint density at radius 1 is 0.962 bits per heavy atom. The van der Waals surface area contributed by atoms with Crippen molar-refractivity contribution in [1.29, 1.82) is 0 Å². The highest BCUT2D eigenvalue weighted by Gasteiger charge is 2.08. The molecule has 4 heteroatoms. The molecule has 0 bridgehead atoms. The van der Waals surface area contributed by atoms with E-state index in [-0.39, 0.29) is 12.5 Å². The molecule has 0 saturated carbocycles. The number of benzene rings is 3. The largest absolute Gasteiger partial charge is 0.483 e. The minimum atomic E-state index is -0.169. The molecule has 0 aliphatic carbocycles. The molecule has 0 fully saturated rings. The number of thioether (sulfide) groups is 1. The number of amides is 1. The number of ether oxygens (including phenoxy) is 1. The first-order valence-corrected chi connectivity index (χ1v) is 9.65. The second kappa shape index (κ2) is 9.11. The zero-order valence-electron chi connectivity index (χ0n) is 14.6. The fourth-order valence-electron chi connectivity index (χ4n) is 2.65. The lowest BCUT2D eigenvalue weighted by Crippen LogP contribution is -2.20. The van der Waals surface area contributed by atoms with Crippen molar-refractivity contribution in [1.82, 2.24) is 0 Å². The van der Waals surface area contributed by atoms with E-state index in [0.29, 0.717) is 0 Å². The van der Waals surface area contributed by atoms with Crippen molar-refractivity contribution in [3.8, 4) is 5.75 Å². The van der Waals surface area contributed by atoms with Gasteiger partial charge in [-0.05, 0) is 41.6 Å². The Morgan fingerprint density at radius 2 is 1.73 bits per heavy atom. The molecule has 3 rings (SSSR count). The van der Waals surface area contributed by atoms with Crippen LogP contribution < -0.4 is 10.1 Å². The highest BCUT2D eigenvalue weighted by Crippen LogP contribution is 2.22. The number of anilines is 1. The van der Waals surface area contributed by atoms with E-state index in [9.17, 15) is 4.79 Å². The molecule has 3 aromatic carbocycles. The van der Waals surface area contributed by atoms with Gasteiger partial charge in [0.05, 0.1) is 0 Å². The quantitative estimate of drug-likeness (QED) is 0.599. The van der Waals surface area contributed by atoms with Crippen LogP contribution >= 0.6 is 11.8 Å². The lowest BCUT2D eigenvalue weighted by atomic mass is 10.0. The summed E-state index contributed by atoms with van der Waals surface area (Å²) >= 11 is 1.64. The van der Waals surface area contributed by atoms with E-state index in [0.717, 1.165) is 28.3 Å². The third-order valence-electron chi connectivity index (χ3n) is 3.92. The number of nitrogens with one attached hydrogen (secondary N) is 1. The second-order valence-electron chi connectivity index (χ2n) is 5.84. The van der Waals surface area contributed by atoms with E-state index in [2.05, 4.69) is 17.4 Å². The highest BCUT2D eigenvalue weighted by molar-refractivity contribution is 7.98. The predicted molar refractivity (Wildman–Crippen MR) is 108 cm³/mol. The fourth-order valence-corrected chi connectivity index (χ4v) is 3.11. The van der Waals surface area contributed by atoms with Gasteiger partial charge in [-0.1, -0.05) is 54.6 Å². The van der Waals surface area contributed by atoms with Gasteiger partial charge in [-0.2, -0.15) is 0 Å². The van der Waals surface area contributed by atoms with Crippen molar-refractivity contribution in [3.63, 3.8) is 0 Å². The topological polar surface area (TPSA) is 38.3 Å². The van der Waals surface area contributed by atoms with Gasteiger partial charge in [0, 0.05) is 17.0 Å². The maximum absolute atomic E-state index is 12.2. The Hall–Kier alpha value is -2.72. The standard InChI is InChI=1S/C22H21NO2S/c1-26-20-12-7-11-19(15-20)23-22(24)16-25-21-13-6-5-10-18(21)14-17-8-3-2-4-9-17/h2-13,15H,14,16H2,1H3,(H,23,24). The predicted octanol–water partition coefficient (Wildman–Crippen LogP) is 5.02. The molecule has 0 spiro atoms. The molecule has 0 aliphatic rings. The summed E-state index contributed by atoms with van der Waals surface area (Å²) < 4.78 is 5.78. The van der Waals surface area contributed by atoms with Crippen LogP contribution in [-0.4, -0.2) is 18.8 Å². The molecule has 1 amide bonds. The zero-order chi connectivity index (χ0) is 18.2. The summed E-state index contributed by atoms with van der Waals surface area (Å²) in [6.07, 6.45) is 2.78. The van der Waals surface area contributed by atoms with Crippen molar-refractivity contribution in [2.24, 2.45) is 0 Å². The summed E-state index contributed by atoms with van der Waals surface area (Å²) in [5.74, 6) is 0.571. The van der Waals surface area contributed by atoms with Gasteiger partial charge >= 0.3 is 0 Å². The van der Waals surface area contributed by atoms with Gasteiger partial charge < -0.3 is 10.1 Å². The monoisotopic (exact) mass is 363 g/mol. The summed E-state index contributed by atoms with van der Waals surface area (Å²) in [5, 5.41) is 2.88. The maximum Gasteiger partial charge on any atom is 0.262 e. The number of para-hydroxylation sites is 1. The number of rotatable bonds is 7. The molecule has 0 saturated heterocycles. The van der Waals surface area contributed by atoms with Crippen molar-refractivity contribution < 1.29 is 9.53 Å². The number of hydrogen-bond acceptors (Lipinski definition) is 3. The van der Waals surface area contributed by atoms with Crippen LogP contribution in [0.1, 0.15) is 11.1 Å². The summed E-state index contributed by atoms with van der Waals surface area (Å²) in [6, 6.07) is 25.8.